The standard InChI is InChI=1S/C20H28N2O4S/c1-5-7-10-25-19(23)15-13(3)22-14(4)16(20(24)26-11-8-6-2)17(15)18-21-9-12-27-18/h9,12,17,22H,5-8,10-11H2,1-4H3. The summed E-state index contributed by atoms with van der Waals surface area (Å²) in [6, 6.07) is 0. The number of nitrogens with one attached hydrogen (secondary N) is 1. The van der Waals surface area contributed by atoms with Gasteiger partial charge >= 0.3 is 11.9 Å². The summed E-state index contributed by atoms with van der Waals surface area (Å²) < 4.78 is 10.9. The zero-order chi connectivity index (χ0) is 19.8. The van der Waals surface area contributed by atoms with E-state index in [0.717, 1.165) is 25.7 Å². The first-order valence-electron chi connectivity index (χ1n) is 9.43. The maximum atomic E-state index is 12.8. The minimum absolute atomic E-state index is 0.357. The third-order valence-electron chi connectivity index (χ3n) is 4.36. The number of unbranched alkanes of at least 4 members (excludes halogenated alkanes) is 2. The number of dihydropyridines is 1. The van der Waals surface area contributed by atoms with Crippen LogP contribution in [0.5, 0.6) is 0 Å². The largest absolute Gasteiger partial charge is 0.462 e. The van der Waals surface area contributed by atoms with E-state index in [2.05, 4.69) is 10.3 Å². The molecule has 27 heavy (non-hydrogen) atoms. The van der Waals surface area contributed by atoms with Gasteiger partial charge < -0.3 is 14.8 Å². The zero-order valence-corrected chi connectivity index (χ0v) is 17.3. The summed E-state index contributed by atoms with van der Waals surface area (Å²) in [6.45, 7) is 8.43. The van der Waals surface area contributed by atoms with E-state index >= 15 is 0 Å². The Balaban J connectivity index is 2.36. The van der Waals surface area contributed by atoms with Crippen molar-refractivity contribution in [1.82, 2.24) is 10.3 Å². The first-order chi connectivity index (χ1) is 13.0. The van der Waals surface area contributed by atoms with Crippen LogP contribution in [-0.4, -0.2) is 30.1 Å². The SMILES string of the molecule is CCCCOC(=O)C1=C(C)NC(C)=C(C(=O)OCCCC)C1c1nccs1. The molecule has 0 spiro atoms. The Morgan fingerprint density at radius 1 is 1.04 bits per heavy atom. The van der Waals surface area contributed by atoms with Crippen LogP contribution in [0.3, 0.4) is 0 Å². The van der Waals surface area contributed by atoms with E-state index in [1.807, 2.05) is 33.1 Å². The molecule has 0 aromatic carbocycles. The van der Waals surface area contributed by atoms with Gasteiger partial charge in [0, 0.05) is 23.0 Å². The van der Waals surface area contributed by atoms with E-state index in [-0.39, 0.29) is 0 Å². The van der Waals surface area contributed by atoms with Gasteiger partial charge in [-0.3, -0.25) is 0 Å². The van der Waals surface area contributed by atoms with Gasteiger partial charge in [-0.2, -0.15) is 0 Å². The molecule has 0 bridgehead atoms. The molecule has 0 saturated heterocycles. The Kier molecular flexibility index (Phi) is 8.03. The Bertz CT molecular complexity index is 678. The summed E-state index contributed by atoms with van der Waals surface area (Å²) in [7, 11) is 0. The Morgan fingerprint density at radius 3 is 1.96 bits per heavy atom. The molecule has 0 unspecified atom stereocenters. The first kappa shape index (κ1) is 21.2. The lowest BCUT2D eigenvalue weighted by atomic mass is 9.86. The first-order valence-corrected chi connectivity index (χ1v) is 10.3. The molecular formula is C20H28N2O4S. The fourth-order valence-corrected chi connectivity index (χ4v) is 3.69. The third-order valence-corrected chi connectivity index (χ3v) is 5.20. The molecule has 0 atom stereocenters. The number of rotatable bonds is 9. The van der Waals surface area contributed by atoms with Crippen molar-refractivity contribution < 1.29 is 19.1 Å². The Hall–Kier alpha value is -2.15. The van der Waals surface area contributed by atoms with Gasteiger partial charge in [0.05, 0.1) is 30.3 Å². The molecule has 1 aromatic rings. The lowest BCUT2D eigenvalue weighted by molar-refractivity contribution is -0.140. The summed E-state index contributed by atoms with van der Waals surface area (Å²) in [5, 5.41) is 5.66. The van der Waals surface area contributed by atoms with Crippen LogP contribution in [0, 0.1) is 0 Å². The smallest absolute Gasteiger partial charge is 0.336 e. The molecule has 6 nitrogen and oxygen atoms in total. The summed E-state index contributed by atoms with van der Waals surface area (Å²) >= 11 is 1.41. The van der Waals surface area contributed by atoms with Crippen LogP contribution in [0.25, 0.3) is 0 Å². The van der Waals surface area contributed by atoms with Crippen LogP contribution in [0.2, 0.25) is 0 Å². The van der Waals surface area contributed by atoms with Crippen molar-refractivity contribution in [2.24, 2.45) is 0 Å². The van der Waals surface area contributed by atoms with E-state index in [1.165, 1.54) is 11.3 Å². The van der Waals surface area contributed by atoms with Gasteiger partial charge in [0.15, 0.2) is 0 Å². The molecule has 148 valence electrons. The van der Waals surface area contributed by atoms with E-state index in [4.69, 9.17) is 9.47 Å². The average Bonchev–Trinajstić information content (AvgIpc) is 3.15. The Morgan fingerprint density at radius 2 is 1.56 bits per heavy atom. The molecule has 0 saturated carbocycles. The molecule has 2 rings (SSSR count). The molecule has 2 heterocycles. The molecule has 0 aliphatic carbocycles. The van der Waals surface area contributed by atoms with Gasteiger partial charge in [-0.15, -0.1) is 11.3 Å². The quantitative estimate of drug-likeness (QED) is 0.504. The average molecular weight is 393 g/mol. The number of hydrogen-bond acceptors (Lipinski definition) is 7. The minimum atomic E-state index is -0.575. The number of carbonyl (C=O) groups excluding carboxylic acids is 2. The second-order valence-corrected chi connectivity index (χ2v) is 7.41. The number of ether oxygens (including phenoxy) is 2. The molecule has 0 amide bonds. The van der Waals surface area contributed by atoms with Gasteiger partial charge in [-0.05, 0) is 26.7 Å². The molecule has 0 radical (unpaired) electrons. The molecular weight excluding hydrogens is 364 g/mol. The van der Waals surface area contributed by atoms with Crippen LogP contribution in [0.1, 0.15) is 64.3 Å². The van der Waals surface area contributed by atoms with Gasteiger partial charge in [-0.1, -0.05) is 26.7 Å². The second kappa shape index (κ2) is 10.3. The van der Waals surface area contributed by atoms with Crippen molar-refractivity contribution in [2.75, 3.05) is 13.2 Å². The highest BCUT2D eigenvalue weighted by atomic mass is 32.1. The molecule has 1 aliphatic rings. The fourth-order valence-electron chi connectivity index (χ4n) is 2.93. The van der Waals surface area contributed by atoms with E-state index in [9.17, 15) is 9.59 Å². The Labute approximate surface area is 164 Å². The van der Waals surface area contributed by atoms with E-state index in [0.29, 0.717) is 40.8 Å². The predicted octanol–water partition coefficient (Wildman–Crippen LogP) is 4.06. The van der Waals surface area contributed by atoms with Crippen molar-refractivity contribution in [3.05, 3.63) is 39.1 Å². The zero-order valence-electron chi connectivity index (χ0n) is 16.5. The second-order valence-electron chi connectivity index (χ2n) is 6.48. The maximum absolute atomic E-state index is 12.8. The van der Waals surface area contributed by atoms with Crippen molar-refractivity contribution in [3.8, 4) is 0 Å². The van der Waals surface area contributed by atoms with Crippen molar-refractivity contribution >= 4 is 23.3 Å². The monoisotopic (exact) mass is 392 g/mol. The van der Waals surface area contributed by atoms with Gasteiger partial charge in [0.2, 0.25) is 0 Å². The summed E-state index contributed by atoms with van der Waals surface area (Å²) in [5.74, 6) is -1.41. The van der Waals surface area contributed by atoms with E-state index < -0.39 is 17.9 Å². The number of nitrogens with zero attached hydrogens (tertiary/aromatic N) is 1. The number of esters is 2. The molecule has 1 aromatic heterocycles. The predicted molar refractivity (Wildman–Crippen MR) is 105 cm³/mol. The lowest BCUT2D eigenvalue weighted by Crippen LogP contribution is -2.32. The highest BCUT2D eigenvalue weighted by Gasteiger charge is 2.39. The van der Waals surface area contributed by atoms with Crippen molar-refractivity contribution in [1.29, 1.82) is 0 Å². The topological polar surface area (TPSA) is 77.5 Å². The number of allylic oxidation sites excluding steroid dienone is 2. The van der Waals surface area contributed by atoms with Gasteiger partial charge in [-0.25, -0.2) is 14.6 Å². The normalized spacial score (nSPS) is 15.0. The van der Waals surface area contributed by atoms with Crippen molar-refractivity contribution in [3.63, 3.8) is 0 Å². The maximum Gasteiger partial charge on any atom is 0.336 e. The minimum Gasteiger partial charge on any atom is -0.462 e. The van der Waals surface area contributed by atoms with Crippen LogP contribution in [-0.2, 0) is 19.1 Å². The van der Waals surface area contributed by atoms with Gasteiger partial charge in [0.25, 0.3) is 0 Å². The van der Waals surface area contributed by atoms with Crippen LogP contribution in [0.4, 0.5) is 0 Å². The van der Waals surface area contributed by atoms with Crippen LogP contribution in [0.15, 0.2) is 34.1 Å². The molecule has 0 fully saturated rings. The number of aromatic nitrogens is 1. The number of hydrogen-bond donors (Lipinski definition) is 1. The number of carbonyl (C=O) groups is 2. The van der Waals surface area contributed by atoms with Crippen LogP contribution >= 0.6 is 11.3 Å². The molecule has 7 heteroatoms. The summed E-state index contributed by atoms with van der Waals surface area (Å²) in [4.78, 5) is 30.0. The van der Waals surface area contributed by atoms with Crippen molar-refractivity contribution in [2.45, 2.75) is 59.3 Å². The fraction of sp³-hybridized carbons (Fsp3) is 0.550. The molecule has 1 aliphatic heterocycles. The number of thiazole rings is 1. The van der Waals surface area contributed by atoms with E-state index in [1.54, 1.807) is 6.20 Å². The highest BCUT2D eigenvalue weighted by Crippen LogP contribution is 2.40. The highest BCUT2D eigenvalue weighted by molar-refractivity contribution is 7.09. The van der Waals surface area contributed by atoms with Crippen LogP contribution < -0.4 is 5.32 Å². The summed E-state index contributed by atoms with van der Waals surface area (Å²) in [5.41, 5.74) is 2.21. The molecule has 1 N–H and O–H groups in total. The summed E-state index contributed by atoms with van der Waals surface area (Å²) in [6.07, 6.45) is 5.15. The lowest BCUT2D eigenvalue weighted by Gasteiger charge is -2.29. The van der Waals surface area contributed by atoms with Gasteiger partial charge in [0.1, 0.15) is 5.01 Å². The third kappa shape index (κ3) is 5.19.